The molecule has 0 aromatic heterocycles. The van der Waals surface area contributed by atoms with Crippen LogP contribution in [0.5, 0.6) is 0 Å². The summed E-state index contributed by atoms with van der Waals surface area (Å²) in [7, 11) is 0. The number of hydrogen-bond acceptors (Lipinski definition) is 13. The average molecular weight is 440 g/mol. The number of esters is 2. The predicted molar refractivity (Wildman–Crippen MR) is 88.4 cm³/mol. The van der Waals surface area contributed by atoms with Crippen molar-refractivity contribution in [1.29, 1.82) is 0 Å². The third-order valence-corrected chi connectivity index (χ3v) is 3.41. The summed E-state index contributed by atoms with van der Waals surface area (Å²) in [5, 5.41) is 75.0. The van der Waals surface area contributed by atoms with Gasteiger partial charge in [-0.2, -0.15) is 0 Å². The van der Waals surface area contributed by atoms with Gasteiger partial charge < -0.3 is 56.5 Å². The zero-order chi connectivity index (χ0) is 22.0. The molecule has 0 bridgehead atoms. The van der Waals surface area contributed by atoms with Gasteiger partial charge >= 0.3 is 41.5 Å². The summed E-state index contributed by atoms with van der Waals surface area (Å²) in [6, 6.07) is 0. The molecular weight excluding hydrogens is 411 g/mol. The Balaban J connectivity index is -0.00000364. The fourth-order valence-electron chi connectivity index (χ4n) is 1.70. The van der Waals surface area contributed by atoms with Gasteiger partial charge in [0.25, 0.3) is 0 Å². The van der Waals surface area contributed by atoms with E-state index in [0.29, 0.717) is 0 Å². The minimum absolute atomic E-state index is 0. The minimum atomic E-state index is -2.21. The van der Waals surface area contributed by atoms with Gasteiger partial charge in [0.15, 0.2) is 6.29 Å². The van der Waals surface area contributed by atoms with Crippen molar-refractivity contribution >= 4 is 11.9 Å². The Hall–Kier alpha value is -0.420. The molecule has 14 heteroatoms. The first kappa shape index (κ1) is 30.8. The van der Waals surface area contributed by atoms with Crippen LogP contribution in [0.25, 0.3) is 0 Å². The molecule has 0 saturated heterocycles. The van der Waals surface area contributed by atoms with Gasteiger partial charge in [-0.1, -0.05) is 0 Å². The van der Waals surface area contributed by atoms with Crippen LogP contribution in [0.2, 0.25) is 0 Å². The van der Waals surface area contributed by atoms with E-state index >= 15 is 0 Å². The fourth-order valence-corrected chi connectivity index (χ4v) is 1.70. The van der Waals surface area contributed by atoms with Crippen LogP contribution in [0.4, 0.5) is 0 Å². The molecule has 3 unspecified atom stereocenters. The van der Waals surface area contributed by atoms with Crippen molar-refractivity contribution in [3.8, 4) is 0 Å². The van der Waals surface area contributed by atoms with Crippen molar-refractivity contribution in [3.63, 3.8) is 0 Å². The quantitative estimate of drug-likeness (QED) is 0.0758. The molecule has 0 aliphatic carbocycles. The van der Waals surface area contributed by atoms with Crippen LogP contribution >= 0.6 is 0 Å². The first-order valence-electron chi connectivity index (χ1n) is 8.28. The number of ether oxygens (including phenoxy) is 3. The van der Waals surface area contributed by atoms with E-state index in [1.54, 1.807) is 0 Å². The van der Waals surface area contributed by atoms with E-state index in [9.17, 15) is 35.1 Å². The first-order chi connectivity index (χ1) is 12.9. The molecule has 0 spiro atoms. The van der Waals surface area contributed by atoms with Crippen LogP contribution in [-0.4, -0.2) is 122 Å². The van der Waals surface area contributed by atoms with Gasteiger partial charge in [-0.05, 0) is 13.8 Å². The van der Waals surface area contributed by atoms with Gasteiger partial charge in [0.2, 0.25) is 0 Å². The Morgan fingerprint density at radius 2 is 1.21 bits per heavy atom. The number of aliphatic hydroxyl groups excluding tert-OH is 8. The van der Waals surface area contributed by atoms with Crippen molar-refractivity contribution in [2.45, 2.75) is 62.9 Å². The number of aliphatic hydroxyl groups is 8. The largest absolute Gasteiger partial charge is 1.00 e. The second kappa shape index (κ2) is 15.4. The van der Waals surface area contributed by atoms with Crippen LogP contribution in [0.3, 0.4) is 0 Å². The molecule has 8 N–H and O–H groups in total. The molecule has 0 amide bonds. The average Bonchev–Trinajstić information content (AvgIpc) is 2.66. The van der Waals surface area contributed by atoms with Crippen molar-refractivity contribution in [2.24, 2.45) is 0 Å². The minimum Gasteiger partial charge on any atom is -1.00 e. The van der Waals surface area contributed by atoms with Crippen LogP contribution in [0.15, 0.2) is 0 Å². The number of carbonyl (C=O) groups is 2. The molecule has 7 atom stereocenters. The summed E-state index contributed by atoms with van der Waals surface area (Å²) in [6.45, 7) is -0.00485. The Labute approximate surface area is 190 Å². The van der Waals surface area contributed by atoms with Gasteiger partial charge in [-0.3, -0.25) is 0 Å². The van der Waals surface area contributed by atoms with E-state index in [1.165, 1.54) is 0 Å². The molecule has 0 rings (SSSR count). The second-order valence-corrected chi connectivity index (χ2v) is 5.98. The number of carbonyl (C=O) groups excluding carboxylic acids is 2. The molecule has 0 aromatic rings. The van der Waals surface area contributed by atoms with Gasteiger partial charge in [0.1, 0.15) is 55.9 Å². The molecular formula is C15H29NaO13. The third kappa shape index (κ3) is 11.5. The fraction of sp³-hybridized carbons (Fsp3) is 0.867. The molecule has 0 radical (unpaired) electrons. The molecule has 0 aliphatic heterocycles. The first-order valence-corrected chi connectivity index (χ1v) is 8.28. The van der Waals surface area contributed by atoms with Gasteiger partial charge in [-0.15, -0.1) is 0 Å². The standard InChI is InChI=1S/C15H28O13.Na.H/c1-6(17)13(23)26-4-8(5-27-14(24)7(2)18)28-15(25)12(22)11(21)10(20)9(19)3-16;;/h6-12,15-22,25H,3-5H2,1-2H3;;/q;+1;-1/t6?,7?,8?,9-,10-,11+,12-,15?;;/m1../s1. The number of hydrogen-bond donors (Lipinski definition) is 8. The van der Waals surface area contributed by atoms with Gasteiger partial charge in [-0.25, -0.2) is 9.59 Å². The van der Waals surface area contributed by atoms with E-state index < -0.39 is 80.8 Å². The Morgan fingerprint density at radius 1 is 0.793 bits per heavy atom. The zero-order valence-electron chi connectivity index (χ0n) is 17.4. The summed E-state index contributed by atoms with van der Waals surface area (Å²) in [4.78, 5) is 22.6. The van der Waals surface area contributed by atoms with Crippen molar-refractivity contribution in [3.05, 3.63) is 0 Å². The van der Waals surface area contributed by atoms with Crippen LogP contribution in [-0.2, 0) is 23.8 Å². The van der Waals surface area contributed by atoms with Crippen LogP contribution in [0.1, 0.15) is 15.3 Å². The van der Waals surface area contributed by atoms with E-state index in [2.05, 4.69) is 9.47 Å². The van der Waals surface area contributed by atoms with Crippen LogP contribution in [0, 0.1) is 0 Å². The van der Waals surface area contributed by atoms with E-state index in [-0.39, 0.29) is 31.0 Å². The van der Waals surface area contributed by atoms with E-state index in [0.717, 1.165) is 13.8 Å². The summed E-state index contributed by atoms with van der Waals surface area (Å²) in [5.41, 5.74) is 0. The summed E-state index contributed by atoms with van der Waals surface area (Å²) in [6.07, 6.45) is -14.7. The second-order valence-electron chi connectivity index (χ2n) is 5.98. The molecule has 0 saturated carbocycles. The topological polar surface area (TPSA) is 224 Å². The number of rotatable bonds is 13. The van der Waals surface area contributed by atoms with Gasteiger partial charge in [0, 0.05) is 0 Å². The maximum absolute atomic E-state index is 11.3. The monoisotopic (exact) mass is 440 g/mol. The SMILES string of the molecule is CC(O)C(=O)OCC(COC(=O)C(C)O)OC(O)[C@H](O)[C@@H](O)[C@H](O)[C@H](O)CO.[H-].[Na+]. The molecule has 168 valence electrons. The third-order valence-electron chi connectivity index (χ3n) is 3.41. The maximum Gasteiger partial charge on any atom is 1.00 e. The van der Waals surface area contributed by atoms with Crippen molar-refractivity contribution < 1.29 is 95.6 Å². The summed E-state index contributed by atoms with van der Waals surface area (Å²) in [5.74, 6) is -2.13. The van der Waals surface area contributed by atoms with E-state index in [4.69, 9.17) is 20.1 Å². The summed E-state index contributed by atoms with van der Waals surface area (Å²) < 4.78 is 14.2. The molecule has 0 heterocycles. The maximum atomic E-state index is 11.3. The van der Waals surface area contributed by atoms with Gasteiger partial charge in [0.05, 0.1) is 6.61 Å². The van der Waals surface area contributed by atoms with Crippen molar-refractivity contribution in [1.82, 2.24) is 0 Å². The van der Waals surface area contributed by atoms with Crippen molar-refractivity contribution in [2.75, 3.05) is 19.8 Å². The molecule has 0 fully saturated rings. The molecule has 13 nitrogen and oxygen atoms in total. The van der Waals surface area contributed by atoms with E-state index in [1.807, 2.05) is 0 Å². The smallest absolute Gasteiger partial charge is 1.00 e. The normalized spacial score (nSPS) is 19.5. The van der Waals surface area contributed by atoms with Crippen LogP contribution < -0.4 is 29.6 Å². The molecule has 0 aromatic carbocycles. The Kier molecular flexibility index (Phi) is 16.3. The molecule has 0 aliphatic rings. The Bertz CT molecular complexity index is 457. The summed E-state index contributed by atoms with van der Waals surface area (Å²) >= 11 is 0. The molecule has 29 heavy (non-hydrogen) atoms. The zero-order valence-corrected chi connectivity index (χ0v) is 18.4. The Morgan fingerprint density at radius 3 is 1.55 bits per heavy atom. The predicted octanol–water partition coefficient (Wildman–Crippen LogP) is -7.91.